The molecule has 0 fully saturated rings. The molecule has 1 amide bonds. The van der Waals surface area contributed by atoms with Gasteiger partial charge in [-0.15, -0.1) is 0 Å². The van der Waals surface area contributed by atoms with Crippen molar-refractivity contribution in [3.63, 3.8) is 0 Å². The summed E-state index contributed by atoms with van der Waals surface area (Å²) in [4.78, 5) is 29.0. The van der Waals surface area contributed by atoms with Gasteiger partial charge in [0, 0.05) is 19.1 Å². The number of carbonyl (C=O) groups excluding carboxylic acids is 1. The van der Waals surface area contributed by atoms with E-state index in [0.717, 1.165) is 5.69 Å². The number of carbonyl (C=O) groups is 2. The number of nitrogens with one attached hydrogen (secondary N) is 1. The van der Waals surface area contributed by atoms with Gasteiger partial charge in [0.05, 0.1) is 31.3 Å². The summed E-state index contributed by atoms with van der Waals surface area (Å²) in [6.07, 6.45) is 0. The summed E-state index contributed by atoms with van der Waals surface area (Å²) in [7, 11) is 2.96. The van der Waals surface area contributed by atoms with Crippen LogP contribution in [0.5, 0.6) is 11.8 Å². The van der Waals surface area contributed by atoms with Gasteiger partial charge in [-0.2, -0.15) is 0 Å². The highest BCUT2D eigenvalue weighted by Crippen LogP contribution is 2.16. The Morgan fingerprint density at radius 1 is 1.08 bits per heavy atom. The first-order chi connectivity index (χ1) is 11.8. The molecule has 0 bridgehead atoms. The van der Waals surface area contributed by atoms with Crippen LogP contribution in [0.2, 0.25) is 0 Å². The average molecular weight is 364 g/mol. The third kappa shape index (κ3) is 6.63. The minimum atomic E-state index is -1.16. The predicted molar refractivity (Wildman–Crippen MR) is 98.7 cm³/mol. The van der Waals surface area contributed by atoms with Crippen LogP contribution in [0.4, 0.5) is 11.4 Å². The lowest BCUT2D eigenvalue weighted by Gasteiger charge is -2.06. The molecule has 0 aromatic carbocycles. The van der Waals surface area contributed by atoms with Crippen LogP contribution in [-0.4, -0.2) is 41.2 Å². The molecule has 0 saturated carbocycles. The van der Waals surface area contributed by atoms with Crippen molar-refractivity contribution in [2.24, 2.45) is 0 Å². The zero-order valence-corrected chi connectivity index (χ0v) is 14.4. The first kappa shape index (κ1) is 22.6. The molecule has 0 aliphatic rings. The number of anilines is 2. The molecular weight excluding hydrogens is 340 g/mol. The van der Waals surface area contributed by atoms with Crippen LogP contribution in [-0.2, 0) is 4.79 Å². The number of ether oxygens (including phenoxy) is 2. The second-order valence-electron chi connectivity index (χ2n) is 4.76. The van der Waals surface area contributed by atoms with E-state index < -0.39 is 5.97 Å². The van der Waals surface area contributed by atoms with E-state index in [-0.39, 0.29) is 30.6 Å². The van der Waals surface area contributed by atoms with Crippen LogP contribution in [0.3, 0.4) is 0 Å². The van der Waals surface area contributed by atoms with E-state index in [0.29, 0.717) is 11.6 Å². The molecular formula is C17H24N4O5. The van der Waals surface area contributed by atoms with Crippen LogP contribution in [0.15, 0.2) is 24.3 Å². The Morgan fingerprint density at radius 3 is 2.08 bits per heavy atom. The molecule has 2 heterocycles. The number of nitrogens with two attached hydrogens (primary N) is 1. The van der Waals surface area contributed by atoms with E-state index in [1.807, 2.05) is 6.92 Å². The third-order valence-corrected chi connectivity index (χ3v) is 2.89. The number of rotatable bonds is 4. The lowest BCUT2D eigenvalue weighted by atomic mass is 10.3. The monoisotopic (exact) mass is 364 g/mol. The smallest absolute Gasteiger partial charge is 0.356 e. The van der Waals surface area contributed by atoms with E-state index in [2.05, 4.69) is 15.3 Å². The summed E-state index contributed by atoms with van der Waals surface area (Å²) in [5, 5.41) is 11.3. The van der Waals surface area contributed by atoms with Crippen LogP contribution in [0.1, 0.15) is 30.5 Å². The minimum absolute atomic E-state index is 0. The van der Waals surface area contributed by atoms with Crippen molar-refractivity contribution in [1.29, 1.82) is 0 Å². The fourth-order valence-corrected chi connectivity index (χ4v) is 1.71. The SMILES string of the molecule is C.COc1ccc(N)c(C(=O)O)n1.COc1ccc(NC(C)=O)c(C)n1. The predicted octanol–water partition coefficient (Wildman–Crippen LogP) is 2.36. The zero-order chi connectivity index (χ0) is 19.0. The van der Waals surface area contributed by atoms with Gasteiger partial charge in [0.1, 0.15) is 0 Å². The summed E-state index contributed by atoms with van der Waals surface area (Å²) in [6.45, 7) is 3.28. The van der Waals surface area contributed by atoms with E-state index >= 15 is 0 Å². The van der Waals surface area contributed by atoms with Crippen molar-refractivity contribution in [3.05, 3.63) is 35.7 Å². The van der Waals surface area contributed by atoms with Crippen LogP contribution >= 0.6 is 0 Å². The van der Waals surface area contributed by atoms with Crippen molar-refractivity contribution in [2.75, 3.05) is 25.3 Å². The number of hydrogen-bond donors (Lipinski definition) is 3. The number of aromatic carboxylic acids is 1. The Bertz CT molecular complexity index is 765. The second kappa shape index (κ2) is 10.5. The normalized spacial score (nSPS) is 9.08. The number of carboxylic acid groups (broad SMARTS) is 1. The molecule has 2 rings (SSSR count). The maximum Gasteiger partial charge on any atom is 0.356 e. The van der Waals surface area contributed by atoms with E-state index in [1.54, 1.807) is 19.2 Å². The molecule has 142 valence electrons. The molecule has 0 aliphatic heterocycles. The molecule has 9 nitrogen and oxygen atoms in total. The lowest BCUT2D eigenvalue weighted by molar-refractivity contribution is -0.114. The first-order valence-corrected chi connectivity index (χ1v) is 7.11. The molecule has 2 aromatic heterocycles. The quantitative estimate of drug-likeness (QED) is 0.752. The topological polar surface area (TPSA) is 137 Å². The number of nitrogen functional groups attached to an aromatic ring is 1. The van der Waals surface area contributed by atoms with Gasteiger partial charge in [0.25, 0.3) is 0 Å². The van der Waals surface area contributed by atoms with Crippen molar-refractivity contribution in [2.45, 2.75) is 21.3 Å². The number of carboxylic acids is 1. The Morgan fingerprint density at radius 2 is 1.62 bits per heavy atom. The minimum Gasteiger partial charge on any atom is -0.481 e. The van der Waals surface area contributed by atoms with Crippen molar-refractivity contribution in [1.82, 2.24) is 9.97 Å². The number of amides is 1. The fraction of sp³-hybridized carbons (Fsp3) is 0.294. The van der Waals surface area contributed by atoms with E-state index in [1.165, 1.54) is 26.2 Å². The Balaban J connectivity index is 0.000000464. The maximum atomic E-state index is 10.7. The van der Waals surface area contributed by atoms with Crippen LogP contribution in [0, 0.1) is 6.92 Å². The Labute approximate surface area is 152 Å². The second-order valence-corrected chi connectivity index (χ2v) is 4.76. The van der Waals surface area contributed by atoms with Gasteiger partial charge in [0.2, 0.25) is 17.7 Å². The summed E-state index contributed by atoms with van der Waals surface area (Å²) in [5.74, 6) is -0.477. The number of hydrogen-bond acceptors (Lipinski definition) is 7. The van der Waals surface area contributed by atoms with Gasteiger partial charge < -0.3 is 25.6 Å². The van der Waals surface area contributed by atoms with E-state index in [9.17, 15) is 9.59 Å². The number of pyridine rings is 2. The van der Waals surface area contributed by atoms with Crippen molar-refractivity contribution < 1.29 is 24.2 Å². The summed E-state index contributed by atoms with van der Waals surface area (Å²) < 4.78 is 9.66. The van der Waals surface area contributed by atoms with Gasteiger partial charge in [-0.05, 0) is 19.1 Å². The highest BCUT2D eigenvalue weighted by Gasteiger charge is 2.10. The number of aromatic nitrogens is 2. The van der Waals surface area contributed by atoms with Gasteiger partial charge >= 0.3 is 5.97 Å². The maximum absolute atomic E-state index is 10.7. The molecule has 0 unspecified atom stereocenters. The summed E-state index contributed by atoms with van der Waals surface area (Å²) >= 11 is 0. The molecule has 0 radical (unpaired) electrons. The van der Waals surface area contributed by atoms with Crippen molar-refractivity contribution in [3.8, 4) is 11.8 Å². The molecule has 0 atom stereocenters. The molecule has 4 N–H and O–H groups in total. The highest BCUT2D eigenvalue weighted by atomic mass is 16.5. The Kier molecular flexibility index (Phi) is 9.14. The first-order valence-electron chi connectivity index (χ1n) is 7.11. The average Bonchev–Trinajstić information content (AvgIpc) is 2.57. The molecule has 26 heavy (non-hydrogen) atoms. The zero-order valence-electron chi connectivity index (χ0n) is 14.4. The van der Waals surface area contributed by atoms with Crippen molar-refractivity contribution >= 4 is 23.3 Å². The number of aryl methyl sites for hydroxylation is 1. The summed E-state index contributed by atoms with van der Waals surface area (Å²) in [6, 6.07) is 6.41. The largest absolute Gasteiger partial charge is 0.481 e. The molecule has 9 heteroatoms. The van der Waals surface area contributed by atoms with Crippen LogP contribution in [0.25, 0.3) is 0 Å². The van der Waals surface area contributed by atoms with Crippen LogP contribution < -0.4 is 20.5 Å². The van der Waals surface area contributed by atoms with Gasteiger partial charge in [-0.25, -0.2) is 14.8 Å². The number of nitrogens with zero attached hydrogens (tertiary/aromatic N) is 2. The van der Waals surface area contributed by atoms with Gasteiger partial charge in [-0.1, -0.05) is 7.43 Å². The van der Waals surface area contributed by atoms with Gasteiger partial charge in [-0.3, -0.25) is 4.79 Å². The molecule has 0 aliphatic carbocycles. The van der Waals surface area contributed by atoms with Gasteiger partial charge in [0.15, 0.2) is 5.69 Å². The Hall–Kier alpha value is -3.36. The molecule has 0 spiro atoms. The molecule has 2 aromatic rings. The van der Waals surface area contributed by atoms with E-state index in [4.69, 9.17) is 20.3 Å². The number of methoxy groups -OCH3 is 2. The standard InChI is InChI=1S/C9H12N2O2.C7H8N2O3.CH4/c1-6-8(11-7(2)12)4-5-9(10-6)13-3;1-12-5-3-2-4(8)6(9-5)7(10)11;/h4-5H,1-3H3,(H,11,12);2-3H,8H2,1H3,(H,10,11);1H4. The third-order valence-electron chi connectivity index (χ3n) is 2.89. The molecule has 0 saturated heterocycles. The highest BCUT2D eigenvalue weighted by molar-refractivity contribution is 5.91. The fourth-order valence-electron chi connectivity index (χ4n) is 1.71. The summed E-state index contributed by atoms with van der Waals surface area (Å²) in [5.41, 5.74) is 6.75. The lowest BCUT2D eigenvalue weighted by Crippen LogP contribution is -2.08.